The summed E-state index contributed by atoms with van der Waals surface area (Å²) >= 11 is 0. The molecule has 0 bridgehead atoms. The van der Waals surface area contributed by atoms with E-state index in [1.807, 2.05) is 35.2 Å². The number of anilines is 1. The number of hydrogen-bond donors (Lipinski definition) is 1. The molecule has 2 saturated heterocycles. The third-order valence-corrected chi connectivity index (χ3v) is 8.26. The summed E-state index contributed by atoms with van der Waals surface area (Å²) in [7, 11) is 0. The smallest absolute Gasteiger partial charge is 0.338 e. The van der Waals surface area contributed by atoms with Crippen molar-refractivity contribution in [3.05, 3.63) is 100 Å². The van der Waals surface area contributed by atoms with Gasteiger partial charge in [0.15, 0.2) is 0 Å². The Kier molecular flexibility index (Phi) is 7.69. The molecular weight excluding hydrogens is 564 g/mol. The molecule has 1 N–H and O–H groups in total. The summed E-state index contributed by atoms with van der Waals surface area (Å²) in [6.07, 6.45) is 0.155. The molecule has 44 heavy (non-hydrogen) atoms. The molecule has 3 aromatic rings. The second-order valence-electron chi connectivity index (χ2n) is 11.0. The second kappa shape index (κ2) is 11.8. The van der Waals surface area contributed by atoms with E-state index in [4.69, 9.17) is 4.74 Å². The summed E-state index contributed by atoms with van der Waals surface area (Å²) in [5.74, 6) is -2.77. The van der Waals surface area contributed by atoms with Crippen molar-refractivity contribution >= 4 is 41.2 Å². The summed E-state index contributed by atoms with van der Waals surface area (Å²) in [4.78, 5) is 80.8. The first-order valence-electron chi connectivity index (χ1n) is 14.4. The van der Waals surface area contributed by atoms with Crippen molar-refractivity contribution in [3.63, 3.8) is 0 Å². The first kappa shape index (κ1) is 28.8. The highest BCUT2D eigenvalue weighted by Crippen LogP contribution is 2.31. The van der Waals surface area contributed by atoms with Crippen LogP contribution in [0.5, 0.6) is 0 Å². The number of carbonyl (C=O) groups excluding carboxylic acids is 6. The van der Waals surface area contributed by atoms with Crippen LogP contribution in [0.25, 0.3) is 0 Å². The van der Waals surface area contributed by atoms with Gasteiger partial charge in [-0.3, -0.25) is 34.2 Å². The maximum absolute atomic E-state index is 13.4. The highest BCUT2D eigenvalue weighted by atomic mass is 16.5. The molecule has 11 nitrogen and oxygen atoms in total. The van der Waals surface area contributed by atoms with E-state index in [0.29, 0.717) is 42.9 Å². The van der Waals surface area contributed by atoms with Crippen LogP contribution in [0.2, 0.25) is 0 Å². The average molecular weight is 595 g/mol. The standard InChI is InChI=1S/C33H30N4O7/c1-20-17-22(33(43)44-19-21-5-3-2-4-6-21)7-9-24(20)30(40)36-15-13-35(14-16-36)23-8-10-25-26(18-23)32(42)37(31(25)41)27-11-12-28(38)34-29(27)39/h2-10,17-18,27H,11-16,19H2,1H3,(H,34,38,39). The summed E-state index contributed by atoms with van der Waals surface area (Å²) in [5.41, 5.74) is 3.62. The van der Waals surface area contributed by atoms with Gasteiger partial charge >= 0.3 is 5.97 Å². The number of esters is 1. The molecule has 5 amide bonds. The van der Waals surface area contributed by atoms with Crippen LogP contribution in [-0.4, -0.2) is 77.5 Å². The van der Waals surface area contributed by atoms with E-state index in [2.05, 4.69) is 5.32 Å². The largest absolute Gasteiger partial charge is 0.457 e. The Morgan fingerprint density at radius 1 is 0.864 bits per heavy atom. The minimum Gasteiger partial charge on any atom is -0.457 e. The third-order valence-electron chi connectivity index (χ3n) is 8.26. The van der Waals surface area contributed by atoms with Gasteiger partial charge in [-0.2, -0.15) is 0 Å². The number of ether oxygens (including phenoxy) is 1. The van der Waals surface area contributed by atoms with Gasteiger partial charge in [-0.05, 0) is 60.9 Å². The number of nitrogens with zero attached hydrogens (tertiary/aromatic N) is 3. The predicted molar refractivity (Wildman–Crippen MR) is 158 cm³/mol. The van der Waals surface area contributed by atoms with E-state index in [0.717, 1.165) is 16.2 Å². The number of amides is 5. The van der Waals surface area contributed by atoms with Crippen molar-refractivity contribution in [1.82, 2.24) is 15.1 Å². The molecule has 6 rings (SSSR count). The van der Waals surface area contributed by atoms with E-state index in [-0.39, 0.29) is 36.5 Å². The van der Waals surface area contributed by atoms with Gasteiger partial charge in [-0.15, -0.1) is 0 Å². The van der Waals surface area contributed by atoms with Crippen LogP contribution in [0.15, 0.2) is 66.7 Å². The van der Waals surface area contributed by atoms with Crippen molar-refractivity contribution in [1.29, 1.82) is 0 Å². The van der Waals surface area contributed by atoms with Gasteiger partial charge in [0, 0.05) is 43.9 Å². The number of piperidine rings is 1. The molecule has 224 valence electrons. The Hall–Kier alpha value is -5.32. The van der Waals surface area contributed by atoms with Crippen LogP contribution < -0.4 is 10.2 Å². The quantitative estimate of drug-likeness (QED) is 0.340. The summed E-state index contributed by atoms with van der Waals surface area (Å²) in [5, 5.41) is 2.20. The molecule has 3 heterocycles. The molecule has 2 fully saturated rings. The summed E-state index contributed by atoms with van der Waals surface area (Å²) in [6, 6.07) is 18.3. The number of imide groups is 2. The molecule has 3 aliphatic rings. The Bertz CT molecular complexity index is 1700. The first-order chi connectivity index (χ1) is 21.2. The maximum atomic E-state index is 13.4. The molecule has 11 heteroatoms. The van der Waals surface area contributed by atoms with Gasteiger partial charge in [-0.1, -0.05) is 30.3 Å². The van der Waals surface area contributed by atoms with Gasteiger partial charge < -0.3 is 14.5 Å². The normalized spacial score (nSPS) is 18.3. The van der Waals surface area contributed by atoms with Gasteiger partial charge in [0.1, 0.15) is 12.6 Å². The Morgan fingerprint density at radius 2 is 1.59 bits per heavy atom. The van der Waals surface area contributed by atoms with Gasteiger partial charge in [0.05, 0.1) is 16.7 Å². The number of rotatable bonds is 6. The maximum Gasteiger partial charge on any atom is 0.338 e. The second-order valence-corrected chi connectivity index (χ2v) is 11.0. The van der Waals surface area contributed by atoms with E-state index in [9.17, 15) is 28.8 Å². The highest BCUT2D eigenvalue weighted by Gasteiger charge is 2.44. The molecule has 3 aromatic carbocycles. The van der Waals surface area contributed by atoms with Crippen LogP contribution in [0.1, 0.15) is 65.4 Å². The lowest BCUT2D eigenvalue weighted by Crippen LogP contribution is -2.54. The minimum atomic E-state index is -1.02. The van der Waals surface area contributed by atoms with Crippen LogP contribution in [0, 0.1) is 6.92 Å². The number of aryl methyl sites for hydroxylation is 1. The zero-order valence-corrected chi connectivity index (χ0v) is 24.1. The number of hydrogen-bond acceptors (Lipinski definition) is 8. The van der Waals surface area contributed by atoms with Crippen molar-refractivity contribution in [2.45, 2.75) is 32.4 Å². The minimum absolute atomic E-state index is 0.0586. The number of piperazine rings is 1. The molecule has 1 unspecified atom stereocenters. The summed E-state index contributed by atoms with van der Waals surface area (Å²) in [6.45, 7) is 3.84. The van der Waals surface area contributed by atoms with E-state index in [1.54, 1.807) is 48.2 Å². The lowest BCUT2D eigenvalue weighted by molar-refractivity contribution is -0.136. The average Bonchev–Trinajstić information content (AvgIpc) is 3.28. The predicted octanol–water partition coefficient (Wildman–Crippen LogP) is 2.72. The molecule has 0 radical (unpaired) electrons. The number of nitrogens with one attached hydrogen (secondary N) is 1. The topological polar surface area (TPSA) is 133 Å². The van der Waals surface area contributed by atoms with Crippen molar-refractivity contribution < 1.29 is 33.5 Å². The van der Waals surface area contributed by atoms with Crippen molar-refractivity contribution in [2.75, 3.05) is 31.1 Å². The van der Waals surface area contributed by atoms with Crippen LogP contribution in [0.4, 0.5) is 5.69 Å². The zero-order chi connectivity index (χ0) is 31.0. The highest BCUT2D eigenvalue weighted by molar-refractivity contribution is 6.23. The van der Waals surface area contributed by atoms with Crippen LogP contribution >= 0.6 is 0 Å². The first-order valence-corrected chi connectivity index (χ1v) is 14.4. The lowest BCUT2D eigenvalue weighted by Gasteiger charge is -2.36. The number of carbonyl (C=O) groups is 6. The summed E-state index contributed by atoms with van der Waals surface area (Å²) < 4.78 is 5.41. The van der Waals surface area contributed by atoms with Gasteiger partial charge in [0.25, 0.3) is 17.7 Å². The van der Waals surface area contributed by atoms with Crippen molar-refractivity contribution in [3.8, 4) is 0 Å². The van der Waals surface area contributed by atoms with Gasteiger partial charge in [0.2, 0.25) is 11.8 Å². The molecule has 0 aromatic heterocycles. The SMILES string of the molecule is Cc1cc(C(=O)OCc2ccccc2)ccc1C(=O)N1CCN(c2ccc3c(c2)C(=O)N(C2CCC(=O)NC2=O)C3=O)CC1. The molecule has 0 saturated carbocycles. The molecule has 0 spiro atoms. The monoisotopic (exact) mass is 594 g/mol. The Morgan fingerprint density at radius 3 is 2.30 bits per heavy atom. The number of fused-ring (bicyclic) bond motifs is 1. The van der Waals surface area contributed by atoms with E-state index >= 15 is 0 Å². The van der Waals surface area contributed by atoms with E-state index in [1.165, 1.54) is 0 Å². The van der Waals surface area contributed by atoms with Gasteiger partial charge in [-0.25, -0.2) is 4.79 Å². The molecule has 3 aliphatic heterocycles. The molecule has 1 atom stereocenters. The van der Waals surface area contributed by atoms with Crippen LogP contribution in [0.3, 0.4) is 0 Å². The van der Waals surface area contributed by atoms with E-state index < -0.39 is 35.6 Å². The Balaban J connectivity index is 1.08. The number of benzene rings is 3. The lowest BCUT2D eigenvalue weighted by atomic mass is 10.0. The molecular formula is C33H30N4O7. The fourth-order valence-electron chi connectivity index (χ4n) is 5.83. The fourth-order valence-corrected chi connectivity index (χ4v) is 5.83. The molecule has 0 aliphatic carbocycles. The van der Waals surface area contributed by atoms with Crippen LogP contribution in [-0.2, 0) is 20.9 Å². The Labute approximate surface area is 253 Å². The van der Waals surface area contributed by atoms with Crippen molar-refractivity contribution in [2.24, 2.45) is 0 Å². The third kappa shape index (κ3) is 5.44. The zero-order valence-electron chi connectivity index (χ0n) is 24.1. The fraction of sp³-hybridized carbons (Fsp3) is 0.273.